The zero-order valence-electron chi connectivity index (χ0n) is 15.4. The van der Waals surface area contributed by atoms with Gasteiger partial charge in [-0.05, 0) is 6.92 Å². The summed E-state index contributed by atoms with van der Waals surface area (Å²) in [6.45, 7) is 1.51. The van der Waals surface area contributed by atoms with Crippen LogP contribution in [0.25, 0.3) is 22.1 Å². The molecule has 0 saturated heterocycles. The van der Waals surface area contributed by atoms with Crippen LogP contribution in [0.1, 0.15) is 28.3 Å². The molecule has 2 aromatic heterocycles. The molecule has 140 valence electrons. The first kappa shape index (κ1) is 19.9. The molecule has 0 spiro atoms. The van der Waals surface area contributed by atoms with E-state index < -0.39 is 11.4 Å². The quantitative estimate of drug-likeness (QED) is 0.480. The van der Waals surface area contributed by atoms with Crippen molar-refractivity contribution in [2.24, 2.45) is 4.99 Å². The second kappa shape index (κ2) is 7.66. The lowest BCUT2D eigenvalue weighted by molar-refractivity contribution is 1.16. The first-order valence-electron chi connectivity index (χ1n) is 8.08. The van der Waals surface area contributed by atoms with Crippen LogP contribution in [0.15, 0.2) is 4.99 Å². The van der Waals surface area contributed by atoms with Gasteiger partial charge in [-0.3, -0.25) is 5.41 Å². The molecule has 0 saturated carbocycles. The summed E-state index contributed by atoms with van der Waals surface area (Å²) in [5.41, 5.74) is -2.20. The van der Waals surface area contributed by atoms with Crippen LogP contribution in [-0.2, 0) is 0 Å². The van der Waals surface area contributed by atoms with Gasteiger partial charge in [0, 0.05) is 5.56 Å². The number of benzene rings is 1. The van der Waals surface area contributed by atoms with E-state index in [2.05, 4.69) is 24.9 Å². The van der Waals surface area contributed by atoms with Gasteiger partial charge in [0.05, 0.1) is 11.2 Å². The molecule has 12 nitrogen and oxygen atoms in total. The van der Waals surface area contributed by atoms with Crippen LogP contribution in [0.4, 0.5) is 5.69 Å². The van der Waals surface area contributed by atoms with E-state index in [9.17, 15) is 26.3 Å². The second-order valence-corrected chi connectivity index (χ2v) is 5.72. The van der Waals surface area contributed by atoms with Crippen molar-refractivity contribution in [3.05, 3.63) is 28.3 Å². The van der Waals surface area contributed by atoms with Gasteiger partial charge in [-0.2, -0.15) is 31.6 Å². The van der Waals surface area contributed by atoms with Gasteiger partial charge in [0.15, 0.2) is 34.2 Å². The highest BCUT2D eigenvalue weighted by molar-refractivity contribution is 6.52. The molecular formula is C19H4N12. The Morgan fingerprint density at radius 3 is 1.52 bits per heavy atom. The van der Waals surface area contributed by atoms with Crippen molar-refractivity contribution in [3.8, 4) is 36.4 Å². The van der Waals surface area contributed by atoms with Crippen molar-refractivity contribution in [1.82, 2.24) is 19.9 Å². The number of nitrogens with one attached hydrogen (secondary N) is 1. The van der Waals surface area contributed by atoms with Gasteiger partial charge in [-0.25, -0.2) is 24.9 Å². The molecule has 2 heterocycles. The van der Waals surface area contributed by atoms with Crippen molar-refractivity contribution in [1.29, 1.82) is 37.0 Å². The van der Waals surface area contributed by atoms with Crippen LogP contribution in [-0.4, -0.2) is 31.4 Å². The van der Waals surface area contributed by atoms with E-state index in [-0.39, 0.29) is 56.1 Å². The Labute approximate surface area is 173 Å². The van der Waals surface area contributed by atoms with Crippen molar-refractivity contribution in [3.63, 3.8) is 0 Å². The minimum absolute atomic E-state index is 0.0318. The van der Waals surface area contributed by atoms with Crippen LogP contribution in [0.2, 0.25) is 0 Å². The van der Waals surface area contributed by atoms with Crippen molar-refractivity contribution in [2.75, 3.05) is 0 Å². The summed E-state index contributed by atoms with van der Waals surface area (Å²) < 4.78 is 0. The number of fused-ring (bicyclic) bond motifs is 3. The van der Waals surface area contributed by atoms with E-state index in [1.807, 2.05) is 0 Å². The highest BCUT2D eigenvalue weighted by atomic mass is 14.9. The molecule has 0 aliphatic heterocycles. The average molecular weight is 400 g/mol. The van der Waals surface area contributed by atoms with E-state index in [4.69, 9.17) is 10.7 Å². The third-order valence-electron chi connectivity index (χ3n) is 4.05. The SMILES string of the molecule is Cc1c(N=C(C#N)C(=N)C#N)c2nc(C#N)c(C#N)nc2c2nc(C#N)c(C#N)nc12. The number of aliphatic imine (C=N–C) groups is 1. The van der Waals surface area contributed by atoms with E-state index in [0.717, 1.165) is 0 Å². The Morgan fingerprint density at radius 2 is 1.10 bits per heavy atom. The third-order valence-corrected chi connectivity index (χ3v) is 4.05. The normalized spacial score (nSPS) is 10.2. The molecule has 0 unspecified atom stereocenters. The maximum absolute atomic E-state index is 9.31. The Morgan fingerprint density at radius 1 is 0.677 bits per heavy atom. The molecule has 3 rings (SSSR count). The molecule has 31 heavy (non-hydrogen) atoms. The van der Waals surface area contributed by atoms with Crippen LogP contribution in [0, 0.1) is 80.3 Å². The number of hydrogen-bond acceptors (Lipinski definition) is 12. The zero-order chi connectivity index (χ0) is 22.7. The lowest BCUT2D eigenvalue weighted by Gasteiger charge is -2.11. The number of rotatable bonds is 2. The Hall–Kier alpha value is -5.82. The van der Waals surface area contributed by atoms with E-state index >= 15 is 0 Å². The fraction of sp³-hybridized carbons (Fsp3) is 0.0526. The van der Waals surface area contributed by atoms with Crippen LogP contribution >= 0.6 is 0 Å². The van der Waals surface area contributed by atoms with Gasteiger partial charge in [0.25, 0.3) is 0 Å². The Balaban J connectivity index is 2.67. The molecule has 0 radical (unpaired) electrons. The van der Waals surface area contributed by atoms with Crippen LogP contribution in [0.5, 0.6) is 0 Å². The number of nitrogens with zero attached hydrogens (tertiary/aromatic N) is 11. The molecule has 1 aromatic carbocycles. The van der Waals surface area contributed by atoms with Crippen LogP contribution < -0.4 is 0 Å². The lowest BCUT2D eigenvalue weighted by Crippen LogP contribution is -2.08. The van der Waals surface area contributed by atoms with E-state index in [0.29, 0.717) is 0 Å². The van der Waals surface area contributed by atoms with Gasteiger partial charge in [0.1, 0.15) is 53.0 Å². The summed E-state index contributed by atoms with van der Waals surface area (Å²) in [5, 5.41) is 63.0. The Kier molecular flexibility index (Phi) is 4.93. The molecular weight excluding hydrogens is 396 g/mol. The summed E-state index contributed by atoms with van der Waals surface area (Å²) in [5.74, 6) is 0. The van der Waals surface area contributed by atoms with E-state index in [1.54, 1.807) is 30.3 Å². The lowest BCUT2D eigenvalue weighted by atomic mass is 10.1. The third kappa shape index (κ3) is 3.08. The minimum atomic E-state index is -0.708. The molecule has 0 aliphatic carbocycles. The standard InChI is InChI=1S/C19H4N12/c1-8-15(27-10(3-21)9(26)2-20)17-19(31-14(7-25)13(6-24)30-17)18-16(8)28-11(4-22)12(5-23)29-18/h26H,1H3. The molecule has 0 bridgehead atoms. The van der Waals surface area contributed by atoms with Gasteiger partial charge in [-0.1, -0.05) is 0 Å². The van der Waals surface area contributed by atoms with Crippen molar-refractivity contribution < 1.29 is 0 Å². The number of aromatic nitrogens is 4. The first-order valence-corrected chi connectivity index (χ1v) is 8.08. The van der Waals surface area contributed by atoms with Crippen LogP contribution in [0.3, 0.4) is 0 Å². The summed E-state index contributed by atoms with van der Waals surface area (Å²) in [4.78, 5) is 20.5. The van der Waals surface area contributed by atoms with Crippen molar-refractivity contribution in [2.45, 2.75) is 6.92 Å². The Bertz CT molecular complexity index is 1620. The molecule has 0 atom stereocenters. The van der Waals surface area contributed by atoms with Crippen molar-refractivity contribution >= 4 is 39.2 Å². The van der Waals surface area contributed by atoms with Gasteiger partial charge in [-0.15, -0.1) is 0 Å². The molecule has 1 N–H and O–H groups in total. The minimum Gasteiger partial charge on any atom is -0.288 e. The predicted molar refractivity (Wildman–Crippen MR) is 102 cm³/mol. The molecule has 0 amide bonds. The maximum atomic E-state index is 9.31. The summed E-state index contributed by atoms with van der Waals surface area (Å²) in [6, 6.07) is 10.1. The maximum Gasteiger partial charge on any atom is 0.177 e. The molecule has 0 fully saturated rings. The zero-order valence-corrected chi connectivity index (χ0v) is 15.4. The largest absolute Gasteiger partial charge is 0.288 e. The highest BCUT2D eigenvalue weighted by Crippen LogP contribution is 2.35. The number of nitriles is 6. The van der Waals surface area contributed by atoms with Gasteiger partial charge < -0.3 is 0 Å². The molecule has 12 heteroatoms. The smallest absolute Gasteiger partial charge is 0.177 e. The average Bonchev–Trinajstić information content (AvgIpc) is 2.81. The number of hydrogen-bond donors (Lipinski definition) is 1. The highest BCUT2D eigenvalue weighted by Gasteiger charge is 2.22. The first-order chi connectivity index (χ1) is 14.9. The molecule has 0 aliphatic rings. The van der Waals surface area contributed by atoms with Gasteiger partial charge >= 0.3 is 0 Å². The molecule has 3 aromatic rings. The summed E-state index contributed by atoms with van der Waals surface area (Å²) >= 11 is 0. The topological polar surface area (TPSA) is 231 Å². The fourth-order valence-corrected chi connectivity index (χ4v) is 2.67. The van der Waals surface area contributed by atoms with Gasteiger partial charge in [0.2, 0.25) is 0 Å². The van der Waals surface area contributed by atoms with E-state index in [1.165, 1.54) is 13.0 Å². The second-order valence-electron chi connectivity index (χ2n) is 5.72. The number of aryl methyl sites for hydroxylation is 1. The monoisotopic (exact) mass is 400 g/mol. The summed E-state index contributed by atoms with van der Waals surface area (Å²) in [6.07, 6.45) is 0. The fourth-order valence-electron chi connectivity index (χ4n) is 2.67. The summed E-state index contributed by atoms with van der Waals surface area (Å²) in [7, 11) is 0. The predicted octanol–water partition coefficient (Wildman–Crippen LogP) is 1.51.